The molecule has 0 heterocycles. The number of ether oxygens (including phenoxy) is 1. The van der Waals surface area contributed by atoms with Gasteiger partial charge in [0.15, 0.2) is 0 Å². The summed E-state index contributed by atoms with van der Waals surface area (Å²) in [6, 6.07) is 4.29. The molecule has 3 unspecified atom stereocenters. The summed E-state index contributed by atoms with van der Waals surface area (Å²) >= 11 is 0. The van der Waals surface area contributed by atoms with E-state index in [9.17, 15) is 5.11 Å². The van der Waals surface area contributed by atoms with Crippen LogP contribution in [-0.4, -0.2) is 24.5 Å². The fourth-order valence-corrected chi connectivity index (χ4v) is 4.12. The molecule has 126 valence electrons. The zero-order chi connectivity index (χ0) is 16.6. The van der Waals surface area contributed by atoms with Gasteiger partial charge in [-0.05, 0) is 55.1 Å². The van der Waals surface area contributed by atoms with Gasteiger partial charge >= 0.3 is 0 Å². The number of phenols is 1. The Balaban J connectivity index is 1.90. The number of nitrogens with zero attached hydrogens (tertiary/aromatic N) is 1. The van der Waals surface area contributed by atoms with Crippen molar-refractivity contribution < 1.29 is 9.84 Å². The van der Waals surface area contributed by atoms with E-state index in [2.05, 4.69) is 20.8 Å². The lowest BCUT2D eigenvalue weighted by Gasteiger charge is -2.26. The van der Waals surface area contributed by atoms with Crippen LogP contribution in [-0.2, 0) is 5.41 Å². The summed E-state index contributed by atoms with van der Waals surface area (Å²) < 4.78 is 5.44. The molecular weight excluding hydrogens is 286 g/mol. The van der Waals surface area contributed by atoms with Crippen molar-refractivity contribution in [3.63, 3.8) is 0 Å². The van der Waals surface area contributed by atoms with Gasteiger partial charge in [0.2, 0.25) is 0 Å². The van der Waals surface area contributed by atoms with Crippen LogP contribution in [0, 0.1) is 11.8 Å². The van der Waals surface area contributed by atoms with Crippen LogP contribution >= 0.6 is 0 Å². The van der Waals surface area contributed by atoms with Crippen molar-refractivity contribution in [1.29, 1.82) is 0 Å². The minimum atomic E-state index is -0.0896. The first-order valence-electron chi connectivity index (χ1n) is 8.89. The third-order valence-corrected chi connectivity index (χ3v) is 6.07. The number of fused-ring (bicyclic) bond motifs is 2. The Morgan fingerprint density at radius 3 is 2.65 bits per heavy atom. The summed E-state index contributed by atoms with van der Waals surface area (Å²) in [4.78, 5) is 4.82. The van der Waals surface area contributed by atoms with E-state index in [1.54, 1.807) is 7.11 Å². The Hall–Kier alpha value is -1.51. The van der Waals surface area contributed by atoms with E-state index in [1.807, 2.05) is 18.3 Å². The second-order valence-electron chi connectivity index (χ2n) is 7.87. The number of hydrogen-bond donors (Lipinski definition) is 1. The maximum Gasteiger partial charge on any atom is 0.128 e. The van der Waals surface area contributed by atoms with Crippen molar-refractivity contribution in [3.05, 3.63) is 23.3 Å². The molecule has 0 aromatic heterocycles. The molecule has 0 amide bonds. The summed E-state index contributed by atoms with van der Waals surface area (Å²) in [6.07, 6.45) is 8.11. The van der Waals surface area contributed by atoms with Crippen molar-refractivity contribution in [2.24, 2.45) is 16.8 Å². The van der Waals surface area contributed by atoms with Gasteiger partial charge in [-0.1, -0.05) is 27.2 Å². The van der Waals surface area contributed by atoms with Gasteiger partial charge in [0, 0.05) is 17.3 Å². The first-order valence-corrected chi connectivity index (χ1v) is 8.89. The monoisotopic (exact) mass is 315 g/mol. The van der Waals surface area contributed by atoms with Crippen LogP contribution < -0.4 is 4.74 Å². The lowest BCUT2D eigenvalue weighted by molar-refractivity contribution is 0.399. The number of benzene rings is 1. The third-order valence-electron chi connectivity index (χ3n) is 6.07. The molecule has 2 aliphatic carbocycles. The van der Waals surface area contributed by atoms with Crippen LogP contribution in [0.15, 0.2) is 17.1 Å². The van der Waals surface area contributed by atoms with Gasteiger partial charge in [-0.15, -0.1) is 0 Å². The van der Waals surface area contributed by atoms with E-state index < -0.39 is 0 Å². The number of aliphatic imine (C=N–C) groups is 1. The lowest BCUT2D eigenvalue weighted by Crippen LogP contribution is -2.17. The van der Waals surface area contributed by atoms with Crippen molar-refractivity contribution in [1.82, 2.24) is 0 Å². The van der Waals surface area contributed by atoms with Gasteiger partial charge in [0.1, 0.15) is 11.5 Å². The first kappa shape index (κ1) is 16.4. The number of phenolic OH excluding ortho intramolecular Hbond substituents is 1. The second kappa shape index (κ2) is 6.18. The van der Waals surface area contributed by atoms with Crippen molar-refractivity contribution >= 4 is 6.21 Å². The fourth-order valence-electron chi connectivity index (χ4n) is 4.12. The number of rotatable bonds is 5. The van der Waals surface area contributed by atoms with E-state index in [0.717, 1.165) is 35.1 Å². The van der Waals surface area contributed by atoms with E-state index in [1.165, 1.54) is 25.7 Å². The first-order chi connectivity index (χ1) is 10.9. The molecule has 2 aliphatic rings. The van der Waals surface area contributed by atoms with Gasteiger partial charge < -0.3 is 9.84 Å². The molecule has 1 N–H and O–H groups in total. The molecule has 2 saturated carbocycles. The molecule has 2 fully saturated rings. The van der Waals surface area contributed by atoms with Gasteiger partial charge in [-0.3, -0.25) is 4.99 Å². The predicted molar refractivity (Wildman–Crippen MR) is 94.8 cm³/mol. The largest absolute Gasteiger partial charge is 0.507 e. The molecule has 3 rings (SSSR count). The molecule has 23 heavy (non-hydrogen) atoms. The zero-order valence-corrected chi connectivity index (χ0v) is 14.8. The highest BCUT2D eigenvalue weighted by atomic mass is 16.5. The highest BCUT2D eigenvalue weighted by Gasteiger charge is 2.39. The van der Waals surface area contributed by atoms with Gasteiger partial charge in [-0.2, -0.15) is 0 Å². The average Bonchev–Trinajstić information content (AvgIpc) is 3.16. The van der Waals surface area contributed by atoms with Crippen LogP contribution in [0.4, 0.5) is 0 Å². The molecule has 2 bridgehead atoms. The predicted octanol–water partition coefficient (Wildman–Crippen LogP) is 4.70. The Kier molecular flexibility index (Phi) is 4.39. The lowest BCUT2D eigenvalue weighted by atomic mass is 9.81. The number of aromatic hydroxyl groups is 1. The molecule has 3 nitrogen and oxygen atoms in total. The second-order valence-corrected chi connectivity index (χ2v) is 7.87. The molecule has 0 aliphatic heterocycles. The maximum absolute atomic E-state index is 10.7. The summed E-state index contributed by atoms with van der Waals surface area (Å²) in [5.41, 5.74) is 1.63. The molecular formula is C20H29NO2. The zero-order valence-electron chi connectivity index (χ0n) is 14.8. The van der Waals surface area contributed by atoms with Crippen molar-refractivity contribution in [2.75, 3.05) is 7.11 Å². The van der Waals surface area contributed by atoms with Gasteiger partial charge in [0.05, 0.1) is 13.2 Å². The van der Waals surface area contributed by atoms with E-state index in [4.69, 9.17) is 9.73 Å². The Morgan fingerprint density at radius 1 is 1.30 bits per heavy atom. The van der Waals surface area contributed by atoms with Crippen LogP contribution in [0.2, 0.25) is 0 Å². The van der Waals surface area contributed by atoms with Crippen LogP contribution in [0.5, 0.6) is 11.5 Å². The minimum absolute atomic E-state index is 0.0896. The van der Waals surface area contributed by atoms with E-state index in [-0.39, 0.29) is 5.41 Å². The SMILES string of the molecule is CCC(C)(C)c1cc(OC)cc(C=NC2CC3CCC2C3)c1O. The van der Waals surface area contributed by atoms with Gasteiger partial charge in [0.25, 0.3) is 0 Å². The highest BCUT2D eigenvalue weighted by molar-refractivity contribution is 5.85. The molecule has 1 aromatic rings. The number of methoxy groups -OCH3 is 1. The van der Waals surface area contributed by atoms with Crippen LogP contribution in [0.25, 0.3) is 0 Å². The molecule has 3 heteroatoms. The fraction of sp³-hybridized carbons (Fsp3) is 0.650. The molecule has 1 aromatic carbocycles. The summed E-state index contributed by atoms with van der Waals surface area (Å²) in [6.45, 7) is 6.44. The summed E-state index contributed by atoms with van der Waals surface area (Å²) in [5, 5.41) is 10.7. The Labute approximate surface area is 139 Å². The third kappa shape index (κ3) is 3.11. The molecule has 0 saturated heterocycles. The van der Waals surface area contributed by atoms with Crippen LogP contribution in [0.3, 0.4) is 0 Å². The molecule has 3 atom stereocenters. The van der Waals surface area contributed by atoms with Crippen molar-refractivity contribution in [2.45, 2.75) is 64.3 Å². The van der Waals surface area contributed by atoms with E-state index >= 15 is 0 Å². The number of hydrogen-bond acceptors (Lipinski definition) is 3. The molecule has 0 spiro atoms. The standard InChI is InChI=1S/C20H29NO2/c1-5-20(2,3)17-11-16(23-4)10-15(19(17)22)12-21-18-9-13-6-7-14(18)8-13/h10-14,18,22H,5-9H2,1-4H3. The minimum Gasteiger partial charge on any atom is -0.507 e. The quantitative estimate of drug-likeness (QED) is 0.800. The smallest absolute Gasteiger partial charge is 0.128 e. The maximum atomic E-state index is 10.7. The summed E-state index contributed by atoms with van der Waals surface area (Å²) in [7, 11) is 1.67. The molecule has 0 radical (unpaired) electrons. The van der Waals surface area contributed by atoms with Crippen molar-refractivity contribution in [3.8, 4) is 11.5 Å². The normalized spacial score (nSPS) is 27.0. The summed E-state index contributed by atoms with van der Waals surface area (Å²) in [5.74, 6) is 2.78. The Bertz CT molecular complexity index is 606. The average molecular weight is 315 g/mol. The Morgan fingerprint density at radius 2 is 2.09 bits per heavy atom. The van der Waals surface area contributed by atoms with Gasteiger partial charge in [-0.25, -0.2) is 0 Å². The highest BCUT2D eigenvalue weighted by Crippen LogP contribution is 2.46. The van der Waals surface area contributed by atoms with Crippen LogP contribution in [0.1, 0.15) is 64.0 Å². The van der Waals surface area contributed by atoms with E-state index in [0.29, 0.717) is 11.8 Å². The topological polar surface area (TPSA) is 41.8 Å².